The molecule has 2 saturated carbocycles. The van der Waals surface area contributed by atoms with Crippen molar-refractivity contribution < 1.29 is 4.79 Å². The summed E-state index contributed by atoms with van der Waals surface area (Å²) in [6.07, 6.45) is 7.80. The first kappa shape index (κ1) is 13.4. The standard InChI is InChI=1S/C16H28N2O/c1-11-6-7-15(17-2)16(19)18(9-11)10-13-5-3-4-12-8-14(12)13/h11-15,17H,3-10H2,1-2H3. The second-order valence-corrected chi connectivity index (χ2v) is 7.12. The van der Waals surface area contributed by atoms with Gasteiger partial charge in [-0.05, 0) is 56.4 Å². The Morgan fingerprint density at radius 1 is 1.26 bits per heavy atom. The minimum Gasteiger partial charge on any atom is -0.341 e. The van der Waals surface area contributed by atoms with E-state index >= 15 is 0 Å². The molecule has 0 aromatic heterocycles. The Kier molecular flexibility index (Phi) is 3.84. The van der Waals surface area contributed by atoms with Gasteiger partial charge in [-0.15, -0.1) is 0 Å². The van der Waals surface area contributed by atoms with E-state index in [1.165, 1.54) is 32.1 Å². The van der Waals surface area contributed by atoms with Crippen molar-refractivity contribution in [2.24, 2.45) is 23.7 Å². The fourth-order valence-electron chi connectivity index (χ4n) is 4.33. The molecule has 0 aromatic rings. The lowest BCUT2D eigenvalue weighted by molar-refractivity contribution is -0.133. The number of amides is 1. The predicted octanol–water partition coefficient (Wildman–Crippen LogP) is 2.27. The number of nitrogens with zero attached hydrogens (tertiary/aromatic N) is 1. The van der Waals surface area contributed by atoms with Gasteiger partial charge in [0.1, 0.15) is 0 Å². The fraction of sp³-hybridized carbons (Fsp3) is 0.938. The lowest BCUT2D eigenvalue weighted by atomic mass is 9.88. The summed E-state index contributed by atoms with van der Waals surface area (Å²) in [4.78, 5) is 14.8. The summed E-state index contributed by atoms with van der Waals surface area (Å²) in [5.41, 5.74) is 0. The molecule has 3 heteroatoms. The van der Waals surface area contributed by atoms with Crippen molar-refractivity contribution in [1.82, 2.24) is 10.2 Å². The molecular formula is C16H28N2O. The lowest BCUT2D eigenvalue weighted by Gasteiger charge is -2.31. The van der Waals surface area contributed by atoms with Crippen LogP contribution in [-0.4, -0.2) is 37.0 Å². The molecule has 3 nitrogen and oxygen atoms in total. The van der Waals surface area contributed by atoms with Gasteiger partial charge in [-0.2, -0.15) is 0 Å². The third kappa shape index (κ3) is 2.81. The highest BCUT2D eigenvalue weighted by Gasteiger charge is 2.46. The summed E-state index contributed by atoms with van der Waals surface area (Å²) < 4.78 is 0. The molecule has 108 valence electrons. The molecule has 1 N–H and O–H groups in total. The maximum atomic E-state index is 12.6. The van der Waals surface area contributed by atoms with Crippen molar-refractivity contribution in [3.05, 3.63) is 0 Å². The van der Waals surface area contributed by atoms with Crippen LogP contribution in [0.2, 0.25) is 0 Å². The second-order valence-electron chi connectivity index (χ2n) is 7.12. The van der Waals surface area contributed by atoms with E-state index in [9.17, 15) is 4.79 Å². The smallest absolute Gasteiger partial charge is 0.239 e. The third-order valence-corrected chi connectivity index (χ3v) is 5.63. The zero-order chi connectivity index (χ0) is 13.4. The number of likely N-dealkylation sites (tertiary alicyclic amines) is 1. The molecule has 1 amide bonds. The van der Waals surface area contributed by atoms with Crippen LogP contribution in [0.3, 0.4) is 0 Å². The normalized spacial score (nSPS) is 42.7. The molecule has 1 aliphatic heterocycles. The predicted molar refractivity (Wildman–Crippen MR) is 76.8 cm³/mol. The monoisotopic (exact) mass is 264 g/mol. The van der Waals surface area contributed by atoms with Crippen LogP contribution in [0.15, 0.2) is 0 Å². The number of nitrogens with one attached hydrogen (secondary N) is 1. The molecule has 2 aliphatic carbocycles. The first-order chi connectivity index (χ1) is 9.19. The summed E-state index contributed by atoms with van der Waals surface area (Å²) >= 11 is 0. The van der Waals surface area contributed by atoms with Crippen LogP contribution in [0, 0.1) is 23.7 Å². The van der Waals surface area contributed by atoms with Crippen molar-refractivity contribution >= 4 is 5.91 Å². The largest absolute Gasteiger partial charge is 0.341 e. The lowest BCUT2D eigenvalue weighted by Crippen LogP contribution is -2.46. The Morgan fingerprint density at radius 2 is 2.11 bits per heavy atom. The molecule has 3 fully saturated rings. The minimum atomic E-state index is 0.0588. The van der Waals surface area contributed by atoms with Crippen LogP contribution in [-0.2, 0) is 4.79 Å². The van der Waals surface area contributed by atoms with Gasteiger partial charge in [0.05, 0.1) is 6.04 Å². The Balaban J connectivity index is 1.65. The van der Waals surface area contributed by atoms with Crippen LogP contribution in [0.1, 0.15) is 45.4 Å². The maximum Gasteiger partial charge on any atom is 0.239 e. The molecule has 1 heterocycles. The van der Waals surface area contributed by atoms with Crippen molar-refractivity contribution in [2.45, 2.75) is 51.5 Å². The van der Waals surface area contributed by atoms with Crippen molar-refractivity contribution in [2.75, 3.05) is 20.1 Å². The molecule has 0 bridgehead atoms. The Morgan fingerprint density at radius 3 is 2.89 bits per heavy atom. The van der Waals surface area contributed by atoms with Gasteiger partial charge in [0.15, 0.2) is 0 Å². The van der Waals surface area contributed by atoms with E-state index in [2.05, 4.69) is 17.1 Å². The van der Waals surface area contributed by atoms with Crippen molar-refractivity contribution in [3.63, 3.8) is 0 Å². The molecule has 0 aromatic carbocycles. The van der Waals surface area contributed by atoms with E-state index in [1.807, 2.05) is 7.05 Å². The average molecular weight is 264 g/mol. The summed E-state index contributed by atoms with van der Waals surface area (Å²) in [5.74, 6) is 3.77. The van der Waals surface area contributed by atoms with E-state index in [1.54, 1.807) is 0 Å². The van der Waals surface area contributed by atoms with Crippen LogP contribution < -0.4 is 5.32 Å². The first-order valence-corrected chi connectivity index (χ1v) is 8.15. The number of fused-ring (bicyclic) bond motifs is 1. The molecule has 3 rings (SSSR count). The summed E-state index contributed by atoms with van der Waals surface area (Å²) in [6.45, 7) is 4.30. The number of hydrogen-bond acceptors (Lipinski definition) is 2. The zero-order valence-electron chi connectivity index (χ0n) is 12.4. The molecular weight excluding hydrogens is 236 g/mol. The van der Waals surface area contributed by atoms with Gasteiger partial charge < -0.3 is 10.2 Å². The fourth-order valence-corrected chi connectivity index (χ4v) is 4.33. The molecule has 3 aliphatic rings. The Labute approximate surface area is 117 Å². The highest BCUT2D eigenvalue weighted by atomic mass is 16.2. The molecule has 5 unspecified atom stereocenters. The first-order valence-electron chi connectivity index (χ1n) is 8.15. The summed E-state index contributed by atoms with van der Waals surface area (Å²) in [7, 11) is 1.92. The topological polar surface area (TPSA) is 32.3 Å². The second kappa shape index (κ2) is 5.43. The highest BCUT2D eigenvalue weighted by Crippen LogP contribution is 2.53. The van der Waals surface area contributed by atoms with Gasteiger partial charge in [-0.1, -0.05) is 19.8 Å². The van der Waals surface area contributed by atoms with E-state index < -0.39 is 0 Å². The number of rotatable bonds is 3. The number of hydrogen-bond donors (Lipinski definition) is 1. The number of carbonyl (C=O) groups is 1. The van der Waals surface area contributed by atoms with Gasteiger partial charge in [0, 0.05) is 13.1 Å². The van der Waals surface area contributed by atoms with Crippen LogP contribution in [0.4, 0.5) is 0 Å². The number of likely N-dealkylation sites (N-methyl/N-ethyl adjacent to an activating group) is 1. The Hall–Kier alpha value is -0.570. The van der Waals surface area contributed by atoms with Crippen LogP contribution in [0.5, 0.6) is 0 Å². The average Bonchev–Trinajstić information content (AvgIpc) is 3.18. The van der Waals surface area contributed by atoms with Gasteiger partial charge in [-0.25, -0.2) is 0 Å². The van der Waals surface area contributed by atoms with Gasteiger partial charge in [-0.3, -0.25) is 4.79 Å². The van der Waals surface area contributed by atoms with Crippen LogP contribution in [0.25, 0.3) is 0 Å². The summed E-state index contributed by atoms with van der Waals surface area (Å²) in [5, 5.41) is 3.21. The van der Waals surface area contributed by atoms with Gasteiger partial charge in [0.2, 0.25) is 5.91 Å². The number of carbonyl (C=O) groups excluding carboxylic acids is 1. The van der Waals surface area contributed by atoms with E-state index in [4.69, 9.17) is 0 Å². The van der Waals surface area contributed by atoms with Crippen LogP contribution >= 0.6 is 0 Å². The molecule has 19 heavy (non-hydrogen) atoms. The minimum absolute atomic E-state index is 0.0588. The van der Waals surface area contributed by atoms with Gasteiger partial charge in [0.25, 0.3) is 0 Å². The van der Waals surface area contributed by atoms with Gasteiger partial charge >= 0.3 is 0 Å². The zero-order valence-corrected chi connectivity index (χ0v) is 12.4. The summed E-state index contributed by atoms with van der Waals surface area (Å²) in [6, 6.07) is 0.0588. The van der Waals surface area contributed by atoms with Crippen molar-refractivity contribution in [1.29, 1.82) is 0 Å². The van der Waals surface area contributed by atoms with E-state index in [0.717, 1.165) is 37.3 Å². The molecule has 5 atom stereocenters. The SMILES string of the molecule is CNC1CCC(C)CN(CC2CCCC3CC32)C1=O. The molecule has 0 radical (unpaired) electrons. The third-order valence-electron chi connectivity index (χ3n) is 5.63. The highest BCUT2D eigenvalue weighted by molar-refractivity contribution is 5.82. The quantitative estimate of drug-likeness (QED) is 0.848. The Bertz CT molecular complexity index is 344. The molecule has 0 spiro atoms. The maximum absolute atomic E-state index is 12.6. The van der Waals surface area contributed by atoms with E-state index in [-0.39, 0.29) is 6.04 Å². The molecule has 1 saturated heterocycles. The van der Waals surface area contributed by atoms with Crippen molar-refractivity contribution in [3.8, 4) is 0 Å². The van der Waals surface area contributed by atoms with E-state index in [0.29, 0.717) is 11.8 Å².